The van der Waals surface area contributed by atoms with Crippen LogP contribution in [0.3, 0.4) is 0 Å². The molecular formula is C10H7BrClN. The van der Waals surface area contributed by atoms with Crippen molar-refractivity contribution < 1.29 is 0 Å². The van der Waals surface area contributed by atoms with Crippen molar-refractivity contribution in [3.8, 4) is 6.07 Å². The summed E-state index contributed by atoms with van der Waals surface area (Å²) in [6.07, 6.45) is 3.83. The van der Waals surface area contributed by atoms with E-state index >= 15 is 0 Å². The van der Waals surface area contributed by atoms with E-state index in [0.717, 1.165) is 10.9 Å². The smallest absolute Gasteiger partial charge is 0.0998 e. The minimum Gasteiger partial charge on any atom is -0.192 e. The van der Waals surface area contributed by atoms with Gasteiger partial charge < -0.3 is 0 Å². The number of benzene rings is 1. The lowest BCUT2D eigenvalue weighted by Gasteiger charge is -1.97. The van der Waals surface area contributed by atoms with Crippen LogP contribution in [-0.4, -0.2) is 5.33 Å². The second-order valence-corrected chi connectivity index (χ2v) is 3.48. The van der Waals surface area contributed by atoms with Gasteiger partial charge in [0.2, 0.25) is 0 Å². The fraction of sp³-hybridized carbons (Fsp3) is 0.100. The van der Waals surface area contributed by atoms with Gasteiger partial charge in [0.25, 0.3) is 0 Å². The van der Waals surface area contributed by atoms with Crippen LogP contribution in [0.4, 0.5) is 0 Å². The molecule has 0 heterocycles. The van der Waals surface area contributed by atoms with E-state index in [4.69, 9.17) is 16.9 Å². The predicted molar refractivity (Wildman–Crippen MR) is 59.0 cm³/mol. The van der Waals surface area contributed by atoms with Crippen LogP contribution in [0.5, 0.6) is 0 Å². The molecule has 0 fully saturated rings. The molecule has 0 aliphatic carbocycles. The van der Waals surface area contributed by atoms with Gasteiger partial charge in [-0.2, -0.15) is 5.26 Å². The molecule has 0 radical (unpaired) electrons. The maximum Gasteiger partial charge on any atom is 0.0998 e. The molecule has 0 spiro atoms. The number of hydrogen-bond acceptors (Lipinski definition) is 1. The Kier molecular flexibility index (Phi) is 4.01. The van der Waals surface area contributed by atoms with E-state index < -0.39 is 0 Å². The van der Waals surface area contributed by atoms with Crippen molar-refractivity contribution in [2.75, 3.05) is 5.33 Å². The van der Waals surface area contributed by atoms with Gasteiger partial charge in [-0.15, -0.1) is 0 Å². The van der Waals surface area contributed by atoms with Crippen LogP contribution >= 0.6 is 27.5 Å². The number of nitriles is 1. The van der Waals surface area contributed by atoms with Gasteiger partial charge in [0.05, 0.1) is 11.6 Å². The average molecular weight is 257 g/mol. The summed E-state index contributed by atoms with van der Waals surface area (Å²) in [5, 5.41) is 10.2. The Morgan fingerprint density at radius 3 is 2.92 bits per heavy atom. The number of rotatable bonds is 2. The number of alkyl halides is 1. The summed E-state index contributed by atoms with van der Waals surface area (Å²) in [6, 6.07) is 7.36. The van der Waals surface area contributed by atoms with Crippen molar-refractivity contribution in [3.63, 3.8) is 0 Å². The second kappa shape index (κ2) is 5.06. The Hall–Kier alpha value is -0.780. The van der Waals surface area contributed by atoms with Crippen LogP contribution in [0.15, 0.2) is 24.3 Å². The first-order valence-electron chi connectivity index (χ1n) is 3.70. The van der Waals surface area contributed by atoms with Gasteiger partial charge >= 0.3 is 0 Å². The zero-order chi connectivity index (χ0) is 9.68. The quantitative estimate of drug-likeness (QED) is 0.742. The summed E-state index contributed by atoms with van der Waals surface area (Å²) in [5.41, 5.74) is 1.50. The Bertz CT molecular complexity index is 366. The Labute approximate surface area is 90.8 Å². The van der Waals surface area contributed by atoms with Gasteiger partial charge in [0.1, 0.15) is 0 Å². The summed E-state index contributed by atoms with van der Waals surface area (Å²) in [4.78, 5) is 0. The summed E-state index contributed by atoms with van der Waals surface area (Å²) < 4.78 is 0. The van der Waals surface area contributed by atoms with Gasteiger partial charge in [-0.3, -0.25) is 0 Å². The van der Waals surface area contributed by atoms with E-state index in [1.54, 1.807) is 12.1 Å². The molecule has 0 unspecified atom stereocenters. The van der Waals surface area contributed by atoms with Crippen LogP contribution in [0, 0.1) is 11.3 Å². The average Bonchev–Trinajstić information content (AvgIpc) is 2.16. The van der Waals surface area contributed by atoms with Crippen LogP contribution in [0.1, 0.15) is 11.1 Å². The largest absolute Gasteiger partial charge is 0.192 e. The van der Waals surface area contributed by atoms with E-state index in [-0.39, 0.29) is 0 Å². The van der Waals surface area contributed by atoms with E-state index in [1.165, 1.54) is 0 Å². The monoisotopic (exact) mass is 255 g/mol. The molecule has 13 heavy (non-hydrogen) atoms. The van der Waals surface area contributed by atoms with Crippen LogP contribution in [0.25, 0.3) is 6.08 Å². The summed E-state index contributed by atoms with van der Waals surface area (Å²) >= 11 is 9.02. The fourth-order valence-corrected chi connectivity index (χ4v) is 1.30. The normalized spacial score (nSPS) is 10.2. The minimum atomic E-state index is 0.590. The SMILES string of the molecule is N#Cc1cc(Cl)ccc1C=CCBr. The van der Waals surface area contributed by atoms with Crippen LogP contribution in [0.2, 0.25) is 5.02 Å². The highest BCUT2D eigenvalue weighted by atomic mass is 79.9. The zero-order valence-electron chi connectivity index (χ0n) is 6.80. The first-order valence-corrected chi connectivity index (χ1v) is 5.20. The Morgan fingerprint density at radius 1 is 1.54 bits per heavy atom. The van der Waals surface area contributed by atoms with Crippen molar-refractivity contribution in [2.45, 2.75) is 0 Å². The lowest BCUT2D eigenvalue weighted by molar-refractivity contribution is 1.47. The van der Waals surface area contributed by atoms with E-state index in [1.807, 2.05) is 18.2 Å². The molecule has 0 saturated carbocycles. The third kappa shape index (κ3) is 2.87. The van der Waals surface area contributed by atoms with Gasteiger partial charge in [-0.25, -0.2) is 0 Å². The van der Waals surface area contributed by atoms with Crippen molar-refractivity contribution >= 4 is 33.6 Å². The number of hydrogen-bond donors (Lipinski definition) is 0. The summed E-state index contributed by atoms with van der Waals surface area (Å²) in [7, 11) is 0. The third-order valence-electron chi connectivity index (χ3n) is 1.52. The van der Waals surface area contributed by atoms with Crippen molar-refractivity contribution in [1.29, 1.82) is 5.26 Å². The zero-order valence-corrected chi connectivity index (χ0v) is 9.14. The van der Waals surface area contributed by atoms with E-state index in [0.29, 0.717) is 10.6 Å². The summed E-state index contributed by atoms with van der Waals surface area (Å²) in [5.74, 6) is 0. The maximum atomic E-state index is 8.79. The minimum absolute atomic E-state index is 0.590. The van der Waals surface area contributed by atoms with Gasteiger partial charge in [-0.05, 0) is 17.7 Å². The molecule has 0 aliphatic rings. The third-order valence-corrected chi connectivity index (χ3v) is 2.13. The molecule has 0 aliphatic heterocycles. The topological polar surface area (TPSA) is 23.8 Å². The number of halogens is 2. The standard InChI is InChI=1S/C10H7BrClN/c11-5-1-2-8-3-4-10(12)6-9(8)7-13/h1-4,6H,5H2. The molecule has 0 atom stereocenters. The van der Waals surface area contributed by atoms with Crippen LogP contribution in [-0.2, 0) is 0 Å². The van der Waals surface area contributed by atoms with Crippen molar-refractivity contribution in [1.82, 2.24) is 0 Å². The second-order valence-electron chi connectivity index (χ2n) is 2.40. The molecule has 1 nitrogen and oxygen atoms in total. The van der Waals surface area contributed by atoms with E-state index in [9.17, 15) is 0 Å². The molecule has 3 heteroatoms. The molecule has 0 N–H and O–H groups in total. The van der Waals surface area contributed by atoms with Crippen LogP contribution < -0.4 is 0 Å². The Balaban J connectivity index is 3.08. The van der Waals surface area contributed by atoms with Gasteiger partial charge in [0, 0.05) is 10.4 Å². The molecule has 1 rings (SSSR count). The molecule has 1 aromatic carbocycles. The van der Waals surface area contributed by atoms with Gasteiger partial charge in [0.15, 0.2) is 0 Å². The number of nitrogens with zero attached hydrogens (tertiary/aromatic N) is 1. The summed E-state index contributed by atoms with van der Waals surface area (Å²) in [6.45, 7) is 0. The highest BCUT2D eigenvalue weighted by molar-refractivity contribution is 9.09. The molecule has 0 saturated heterocycles. The molecule has 1 aromatic rings. The van der Waals surface area contributed by atoms with Crippen molar-refractivity contribution in [2.24, 2.45) is 0 Å². The molecule has 0 aromatic heterocycles. The lowest BCUT2D eigenvalue weighted by Crippen LogP contribution is -1.81. The van der Waals surface area contributed by atoms with Gasteiger partial charge in [-0.1, -0.05) is 45.7 Å². The van der Waals surface area contributed by atoms with E-state index in [2.05, 4.69) is 22.0 Å². The molecule has 0 amide bonds. The first-order chi connectivity index (χ1) is 6.27. The Morgan fingerprint density at radius 2 is 2.31 bits per heavy atom. The van der Waals surface area contributed by atoms with Crippen molar-refractivity contribution in [3.05, 3.63) is 40.4 Å². The molecular weight excluding hydrogens is 249 g/mol. The highest BCUT2D eigenvalue weighted by Crippen LogP contribution is 2.16. The molecule has 66 valence electrons. The molecule has 0 bridgehead atoms. The maximum absolute atomic E-state index is 8.79. The fourth-order valence-electron chi connectivity index (χ4n) is 0.942. The number of allylic oxidation sites excluding steroid dienone is 1. The lowest BCUT2D eigenvalue weighted by atomic mass is 10.1. The highest BCUT2D eigenvalue weighted by Gasteiger charge is 1.98. The first kappa shape index (κ1) is 10.3. The predicted octanol–water partition coefficient (Wildman–Crippen LogP) is 3.62.